The molecule has 0 spiro atoms. The van der Waals surface area contributed by atoms with Gasteiger partial charge in [-0.05, 0) is 58.4 Å². The van der Waals surface area contributed by atoms with Crippen molar-refractivity contribution in [3.63, 3.8) is 0 Å². The highest BCUT2D eigenvalue weighted by Crippen LogP contribution is 2.29. The molecule has 0 fully saturated rings. The first kappa shape index (κ1) is 18.9. The number of rotatable bonds is 10. The molecular weight excluding hydrogens is 234 g/mol. The third-order valence-corrected chi connectivity index (χ3v) is 4.65. The summed E-state index contributed by atoms with van der Waals surface area (Å²) in [5.41, 5.74) is 6.30. The van der Waals surface area contributed by atoms with Crippen molar-refractivity contribution >= 4 is 0 Å². The van der Waals surface area contributed by atoms with E-state index >= 15 is 0 Å². The van der Waals surface area contributed by atoms with E-state index in [1.165, 1.54) is 19.5 Å². The maximum absolute atomic E-state index is 6.30. The second-order valence-corrected chi connectivity index (χ2v) is 6.85. The van der Waals surface area contributed by atoms with Crippen molar-refractivity contribution in [2.45, 2.75) is 60.4 Å². The average molecular weight is 271 g/mol. The maximum atomic E-state index is 6.30. The third kappa shape index (κ3) is 6.73. The Balaban J connectivity index is 4.23. The van der Waals surface area contributed by atoms with Crippen LogP contribution in [0.25, 0.3) is 0 Å². The van der Waals surface area contributed by atoms with Gasteiger partial charge in [-0.25, -0.2) is 0 Å². The van der Waals surface area contributed by atoms with Crippen LogP contribution in [0, 0.1) is 5.41 Å². The van der Waals surface area contributed by atoms with Gasteiger partial charge in [0.1, 0.15) is 0 Å². The van der Waals surface area contributed by atoms with E-state index in [4.69, 9.17) is 5.73 Å². The van der Waals surface area contributed by atoms with Crippen LogP contribution in [0.1, 0.15) is 54.9 Å². The average Bonchev–Trinajstić information content (AvgIpc) is 2.31. The van der Waals surface area contributed by atoms with Crippen molar-refractivity contribution in [3.05, 3.63) is 0 Å². The molecule has 0 aromatic carbocycles. The van der Waals surface area contributed by atoms with Gasteiger partial charge in [-0.1, -0.05) is 34.6 Å². The molecule has 0 unspecified atom stereocenters. The standard InChI is InChI=1S/C16H37N3/c1-8-18(9-2)12-11-13-19(10-3)14-15(4,5)16(6,7)17/h8-14,17H2,1-7H3. The van der Waals surface area contributed by atoms with Gasteiger partial charge in [-0.2, -0.15) is 0 Å². The van der Waals surface area contributed by atoms with Crippen molar-refractivity contribution in [2.24, 2.45) is 11.1 Å². The van der Waals surface area contributed by atoms with E-state index in [0.717, 1.165) is 26.2 Å². The topological polar surface area (TPSA) is 32.5 Å². The largest absolute Gasteiger partial charge is 0.325 e. The van der Waals surface area contributed by atoms with E-state index in [9.17, 15) is 0 Å². The molecule has 3 heteroatoms. The molecule has 116 valence electrons. The van der Waals surface area contributed by atoms with Gasteiger partial charge >= 0.3 is 0 Å². The summed E-state index contributed by atoms with van der Waals surface area (Å²) in [5.74, 6) is 0. The summed E-state index contributed by atoms with van der Waals surface area (Å²) in [6.07, 6.45) is 1.25. The van der Waals surface area contributed by atoms with Crippen LogP contribution >= 0.6 is 0 Å². The van der Waals surface area contributed by atoms with Gasteiger partial charge in [0.25, 0.3) is 0 Å². The highest BCUT2D eigenvalue weighted by molar-refractivity contribution is 4.92. The van der Waals surface area contributed by atoms with Crippen molar-refractivity contribution in [2.75, 3.05) is 39.3 Å². The molecule has 0 bridgehead atoms. The molecule has 2 N–H and O–H groups in total. The zero-order valence-electron chi connectivity index (χ0n) is 14.4. The zero-order valence-corrected chi connectivity index (χ0v) is 14.4. The minimum atomic E-state index is -0.140. The SMILES string of the molecule is CCN(CC)CCCN(CC)CC(C)(C)C(C)(C)N. The molecule has 19 heavy (non-hydrogen) atoms. The van der Waals surface area contributed by atoms with Gasteiger partial charge < -0.3 is 15.5 Å². The molecule has 0 saturated heterocycles. The Hall–Kier alpha value is -0.120. The van der Waals surface area contributed by atoms with Gasteiger partial charge in [-0.3, -0.25) is 0 Å². The molecule has 0 saturated carbocycles. The van der Waals surface area contributed by atoms with Gasteiger partial charge in [0.2, 0.25) is 0 Å². The molecule has 3 nitrogen and oxygen atoms in total. The van der Waals surface area contributed by atoms with E-state index in [0.29, 0.717) is 0 Å². The lowest BCUT2D eigenvalue weighted by Gasteiger charge is -2.42. The van der Waals surface area contributed by atoms with E-state index in [-0.39, 0.29) is 11.0 Å². The predicted molar refractivity (Wildman–Crippen MR) is 86.6 cm³/mol. The predicted octanol–water partition coefficient (Wildman–Crippen LogP) is 2.80. The van der Waals surface area contributed by atoms with Gasteiger partial charge in [0.05, 0.1) is 0 Å². The Morgan fingerprint density at radius 2 is 1.21 bits per heavy atom. The zero-order chi connectivity index (χ0) is 15.1. The lowest BCUT2D eigenvalue weighted by atomic mass is 9.75. The lowest BCUT2D eigenvalue weighted by Crippen LogP contribution is -2.53. The minimum absolute atomic E-state index is 0.137. The summed E-state index contributed by atoms with van der Waals surface area (Å²) in [7, 11) is 0. The minimum Gasteiger partial charge on any atom is -0.325 e. The Labute approximate surface area is 121 Å². The van der Waals surface area contributed by atoms with Crippen molar-refractivity contribution in [1.29, 1.82) is 0 Å². The number of hydrogen-bond donors (Lipinski definition) is 1. The highest BCUT2D eigenvalue weighted by atomic mass is 15.1. The van der Waals surface area contributed by atoms with E-state index in [1.54, 1.807) is 0 Å². The Kier molecular flexibility index (Phi) is 8.18. The summed E-state index contributed by atoms with van der Waals surface area (Å²) in [4.78, 5) is 5.03. The smallest absolute Gasteiger partial charge is 0.0161 e. The van der Waals surface area contributed by atoms with Crippen LogP contribution in [-0.2, 0) is 0 Å². The maximum Gasteiger partial charge on any atom is 0.0161 e. The molecule has 0 heterocycles. The van der Waals surface area contributed by atoms with Crippen molar-refractivity contribution in [1.82, 2.24) is 9.80 Å². The summed E-state index contributed by atoms with van der Waals surface area (Å²) in [5, 5.41) is 0. The van der Waals surface area contributed by atoms with E-state index in [1.807, 2.05) is 0 Å². The Morgan fingerprint density at radius 1 is 0.789 bits per heavy atom. The van der Waals surface area contributed by atoms with Crippen LogP contribution in [0.4, 0.5) is 0 Å². The van der Waals surface area contributed by atoms with Crippen LogP contribution in [0.3, 0.4) is 0 Å². The molecule has 0 rings (SSSR count). The van der Waals surface area contributed by atoms with Crippen molar-refractivity contribution in [3.8, 4) is 0 Å². The second kappa shape index (κ2) is 8.23. The Bertz CT molecular complexity index is 227. The normalized spacial score (nSPS) is 13.6. The Morgan fingerprint density at radius 3 is 1.58 bits per heavy atom. The molecule has 0 atom stereocenters. The molecule has 0 aliphatic carbocycles. The summed E-state index contributed by atoms with van der Waals surface area (Å²) >= 11 is 0. The molecule has 0 aliphatic rings. The van der Waals surface area contributed by atoms with Crippen LogP contribution in [0.2, 0.25) is 0 Å². The van der Waals surface area contributed by atoms with Crippen LogP contribution in [0.15, 0.2) is 0 Å². The molecule has 0 aromatic heterocycles. The number of nitrogens with zero attached hydrogens (tertiary/aromatic N) is 2. The first-order valence-electron chi connectivity index (χ1n) is 7.91. The molecule has 0 aliphatic heterocycles. The lowest BCUT2D eigenvalue weighted by molar-refractivity contribution is 0.113. The highest BCUT2D eigenvalue weighted by Gasteiger charge is 2.34. The number of nitrogens with two attached hydrogens (primary N) is 1. The van der Waals surface area contributed by atoms with Crippen LogP contribution < -0.4 is 5.73 Å². The number of hydrogen-bond acceptors (Lipinski definition) is 3. The monoisotopic (exact) mass is 271 g/mol. The van der Waals surface area contributed by atoms with Crippen LogP contribution in [0.5, 0.6) is 0 Å². The first-order valence-corrected chi connectivity index (χ1v) is 7.91. The van der Waals surface area contributed by atoms with Crippen LogP contribution in [-0.4, -0.2) is 54.6 Å². The quantitative estimate of drug-likeness (QED) is 0.663. The molecule has 0 amide bonds. The molecular formula is C16H37N3. The van der Waals surface area contributed by atoms with Crippen molar-refractivity contribution < 1.29 is 0 Å². The molecule has 0 aromatic rings. The van der Waals surface area contributed by atoms with Gasteiger partial charge in [0.15, 0.2) is 0 Å². The van der Waals surface area contributed by atoms with Gasteiger partial charge in [-0.15, -0.1) is 0 Å². The first-order chi connectivity index (χ1) is 8.67. The van der Waals surface area contributed by atoms with E-state index in [2.05, 4.69) is 58.3 Å². The molecule has 0 radical (unpaired) electrons. The summed E-state index contributed by atoms with van der Waals surface area (Å²) in [6.45, 7) is 22.4. The second-order valence-electron chi connectivity index (χ2n) is 6.85. The fraction of sp³-hybridized carbons (Fsp3) is 1.00. The van der Waals surface area contributed by atoms with E-state index < -0.39 is 0 Å². The van der Waals surface area contributed by atoms with Gasteiger partial charge in [0, 0.05) is 12.1 Å². The fourth-order valence-corrected chi connectivity index (χ4v) is 2.17. The third-order valence-electron chi connectivity index (χ3n) is 4.65. The fourth-order valence-electron chi connectivity index (χ4n) is 2.17. The summed E-state index contributed by atoms with van der Waals surface area (Å²) < 4.78 is 0. The summed E-state index contributed by atoms with van der Waals surface area (Å²) in [6, 6.07) is 0.